The lowest BCUT2D eigenvalue weighted by atomic mass is 10.1. The summed E-state index contributed by atoms with van der Waals surface area (Å²) >= 11 is 5.95. The zero-order valence-corrected chi connectivity index (χ0v) is 13.0. The molecule has 3 rings (SSSR count). The van der Waals surface area contributed by atoms with E-state index in [4.69, 9.17) is 11.6 Å². The number of carbonyl (C=O) groups is 1. The first-order chi connectivity index (χ1) is 11.2. The largest absolute Gasteiger partial charge is 0.343 e. The van der Waals surface area contributed by atoms with Crippen molar-refractivity contribution in [3.63, 3.8) is 0 Å². The minimum Gasteiger partial charge on any atom is -0.343 e. The van der Waals surface area contributed by atoms with Gasteiger partial charge in [0.15, 0.2) is 0 Å². The number of hydrogen-bond donors (Lipinski definition) is 1. The van der Waals surface area contributed by atoms with Crippen LogP contribution in [0.3, 0.4) is 0 Å². The molecule has 116 valence electrons. The number of amides is 1. The van der Waals surface area contributed by atoms with Crippen LogP contribution in [-0.2, 0) is 6.54 Å². The van der Waals surface area contributed by atoms with E-state index in [9.17, 15) is 4.79 Å². The maximum absolute atomic E-state index is 12.5. The third-order valence-corrected chi connectivity index (χ3v) is 3.64. The average molecular weight is 327 g/mol. The Bertz CT molecular complexity index is 774. The number of benzene rings is 2. The first-order valence-electron chi connectivity index (χ1n) is 7.18. The maximum atomic E-state index is 12.5. The van der Waals surface area contributed by atoms with Gasteiger partial charge in [-0.15, -0.1) is 0 Å². The molecular formula is C17H15ClN4O. The number of nitrogens with zero attached hydrogens (tertiary/aromatic N) is 3. The topological polar surface area (TPSA) is 59.8 Å². The second-order valence-corrected chi connectivity index (χ2v) is 5.47. The average Bonchev–Trinajstić information content (AvgIpc) is 3.08. The third kappa shape index (κ3) is 3.96. The van der Waals surface area contributed by atoms with E-state index in [-0.39, 0.29) is 11.9 Å². The quantitative estimate of drug-likeness (QED) is 0.783. The van der Waals surface area contributed by atoms with Crippen LogP contribution in [0.25, 0.3) is 0 Å². The summed E-state index contributed by atoms with van der Waals surface area (Å²) in [4.78, 5) is 14.0. The van der Waals surface area contributed by atoms with Crippen LogP contribution >= 0.6 is 11.6 Å². The molecular weight excluding hydrogens is 312 g/mol. The minimum atomic E-state index is -0.241. The molecule has 0 bridgehead atoms. The third-order valence-electron chi connectivity index (χ3n) is 3.41. The second kappa shape index (κ2) is 7.07. The van der Waals surface area contributed by atoms with Crippen molar-refractivity contribution in [3.8, 4) is 0 Å². The molecule has 2 aromatic carbocycles. The van der Waals surface area contributed by atoms with E-state index >= 15 is 0 Å². The molecule has 0 fully saturated rings. The van der Waals surface area contributed by atoms with Gasteiger partial charge in [0.25, 0.3) is 5.91 Å². The Labute approximate surface area is 138 Å². The molecule has 6 heteroatoms. The Morgan fingerprint density at radius 1 is 1.09 bits per heavy atom. The summed E-state index contributed by atoms with van der Waals surface area (Å²) in [6, 6.07) is 16.4. The van der Waals surface area contributed by atoms with Gasteiger partial charge >= 0.3 is 0 Å². The van der Waals surface area contributed by atoms with E-state index in [1.807, 2.05) is 30.3 Å². The summed E-state index contributed by atoms with van der Waals surface area (Å²) < 4.78 is 0. The number of nitrogens with one attached hydrogen (secondary N) is 1. The highest BCUT2D eigenvalue weighted by Crippen LogP contribution is 2.16. The summed E-state index contributed by atoms with van der Waals surface area (Å²) in [5.74, 6) is -0.187. The predicted octanol–water partition coefficient (Wildman–Crippen LogP) is 3.10. The lowest BCUT2D eigenvalue weighted by Crippen LogP contribution is -2.32. The predicted molar refractivity (Wildman–Crippen MR) is 88.1 cm³/mol. The van der Waals surface area contributed by atoms with Crippen molar-refractivity contribution in [2.75, 3.05) is 0 Å². The molecule has 1 amide bonds. The molecule has 0 radical (unpaired) electrons. The van der Waals surface area contributed by atoms with Gasteiger partial charge in [0.05, 0.1) is 25.0 Å². The highest BCUT2D eigenvalue weighted by atomic mass is 35.5. The van der Waals surface area contributed by atoms with E-state index in [2.05, 4.69) is 15.5 Å². The zero-order chi connectivity index (χ0) is 16.1. The summed E-state index contributed by atoms with van der Waals surface area (Å²) in [6.45, 7) is 0.448. The van der Waals surface area contributed by atoms with Gasteiger partial charge in [-0.2, -0.15) is 15.0 Å². The first kappa shape index (κ1) is 15.2. The first-order valence-corrected chi connectivity index (χ1v) is 7.55. The van der Waals surface area contributed by atoms with Gasteiger partial charge in [-0.1, -0.05) is 48.0 Å². The molecule has 23 heavy (non-hydrogen) atoms. The number of aromatic nitrogens is 3. The van der Waals surface area contributed by atoms with Crippen LogP contribution in [0.2, 0.25) is 5.02 Å². The van der Waals surface area contributed by atoms with E-state index in [1.54, 1.807) is 41.5 Å². The number of carbonyl (C=O) groups excluding carboxylic acids is 1. The van der Waals surface area contributed by atoms with Crippen LogP contribution in [0.15, 0.2) is 67.0 Å². The van der Waals surface area contributed by atoms with E-state index in [1.165, 1.54) is 0 Å². The van der Waals surface area contributed by atoms with Crippen LogP contribution in [-0.4, -0.2) is 20.9 Å². The fourth-order valence-corrected chi connectivity index (χ4v) is 2.48. The fraction of sp³-hybridized carbons (Fsp3) is 0.118. The molecule has 1 aromatic heterocycles. The van der Waals surface area contributed by atoms with Crippen molar-refractivity contribution in [2.45, 2.75) is 12.6 Å². The Morgan fingerprint density at radius 3 is 2.52 bits per heavy atom. The van der Waals surface area contributed by atoms with E-state index in [0.29, 0.717) is 17.1 Å². The molecule has 1 N–H and O–H groups in total. The van der Waals surface area contributed by atoms with Crippen molar-refractivity contribution in [3.05, 3.63) is 83.1 Å². The minimum absolute atomic E-state index is 0.187. The standard InChI is InChI=1S/C17H15ClN4O/c18-15-8-4-7-14(11-15)17(23)21-16(12-22-19-9-10-20-22)13-5-2-1-3-6-13/h1-11,16H,12H2,(H,21,23). The van der Waals surface area contributed by atoms with Gasteiger partial charge in [-0.25, -0.2) is 0 Å². The van der Waals surface area contributed by atoms with Gasteiger partial charge in [-0.05, 0) is 23.8 Å². The van der Waals surface area contributed by atoms with Crippen LogP contribution < -0.4 is 5.32 Å². The van der Waals surface area contributed by atoms with Crippen molar-refractivity contribution < 1.29 is 4.79 Å². The highest BCUT2D eigenvalue weighted by Gasteiger charge is 2.17. The Hall–Kier alpha value is -2.66. The Morgan fingerprint density at radius 2 is 1.83 bits per heavy atom. The highest BCUT2D eigenvalue weighted by molar-refractivity contribution is 6.30. The summed E-state index contributed by atoms with van der Waals surface area (Å²) in [5.41, 5.74) is 1.51. The van der Waals surface area contributed by atoms with Gasteiger partial charge in [0.1, 0.15) is 0 Å². The number of hydrogen-bond acceptors (Lipinski definition) is 3. The van der Waals surface area contributed by atoms with Gasteiger partial charge in [0.2, 0.25) is 0 Å². The van der Waals surface area contributed by atoms with Crippen LogP contribution in [0, 0.1) is 0 Å². The molecule has 1 heterocycles. The van der Waals surface area contributed by atoms with Crippen molar-refractivity contribution in [2.24, 2.45) is 0 Å². The number of rotatable bonds is 5. The molecule has 0 saturated carbocycles. The maximum Gasteiger partial charge on any atom is 0.251 e. The summed E-state index contributed by atoms with van der Waals surface area (Å²) in [6.07, 6.45) is 3.22. The van der Waals surface area contributed by atoms with Gasteiger partial charge in [-0.3, -0.25) is 4.79 Å². The molecule has 0 aliphatic carbocycles. The fourth-order valence-electron chi connectivity index (χ4n) is 2.29. The van der Waals surface area contributed by atoms with Crippen molar-refractivity contribution in [1.29, 1.82) is 0 Å². The van der Waals surface area contributed by atoms with Crippen molar-refractivity contribution >= 4 is 17.5 Å². The van der Waals surface area contributed by atoms with E-state index < -0.39 is 0 Å². The molecule has 0 aliphatic heterocycles. The Balaban J connectivity index is 1.82. The van der Waals surface area contributed by atoms with Gasteiger partial charge in [0, 0.05) is 10.6 Å². The van der Waals surface area contributed by atoms with E-state index in [0.717, 1.165) is 5.56 Å². The molecule has 0 saturated heterocycles. The lowest BCUT2D eigenvalue weighted by Gasteiger charge is -2.19. The number of halogens is 1. The summed E-state index contributed by atoms with van der Waals surface area (Å²) in [5, 5.41) is 11.8. The van der Waals surface area contributed by atoms with Crippen molar-refractivity contribution in [1.82, 2.24) is 20.3 Å². The molecule has 0 aliphatic rings. The van der Waals surface area contributed by atoms with Gasteiger partial charge < -0.3 is 5.32 Å². The SMILES string of the molecule is O=C(NC(Cn1nccn1)c1ccccc1)c1cccc(Cl)c1. The second-order valence-electron chi connectivity index (χ2n) is 5.03. The molecule has 3 aromatic rings. The van der Waals surface area contributed by atoms with Crippen LogP contribution in [0.4, 0.5) is 0 Å². The molecule has 1 unspecified atom stereocenters. The molecule has 0 spiro atoms. The Kier molecular flexibility index (Phi) is 4.68. The van der Waals surface area contributed by atoms with Crippen LogP contribution in [0.1, 0.15) is 22.0 Å². The normalized spacial score (nSPS) is 11.9. The monoisotopic (exact) mass is 326 g/mol. The van der Waals surface area contributed by atoms with Crippen LogP contribution in [0.5, 0.6) is 0 Å². The summed E-state index contributed by atoms with van der Waals surface area (Å²) in [7, 11) is 0. The molecule has 1 atom stereocenters. The lowest BCUT2D eigenvalue weighted by molar-refractivity contribution is 0.0931. The zero-order valence-electron chi connectivity index (χ0n) is 12.3. The smallest absolute Gasteiger partial charge is 0.251 e. The molecule has 5 nitrogen and oxygen atoms in total.